The van der Waals surface area contributed by atoms with Gasteiger partial charge in [0.1, 0.15) is 5.82 Å². The molecular formula is C20H24FN3. The van der Waals surface area contributed by atoms with Crippen LogP contribution in [-0.4, -0.2) is 31.7 Å². The zero-order valence-electron chi connectivity index (χ0n) is 14.4. The molecule has 1 aliphatic heterocycles. The van der Waals surface area contributed by atoms with Gasteiger partial charge < -0.3 is 5.32 Å². The van der Waals surface area contributed by atoms with E-state index in [-0.39, 0.29) is 23.3 Å². The van der Waals surface area contributed by atoms with Gasteiger partial charge in [-0.3, -0.25) is 10.4 Å². The maximum Gasteiger partial charge on any atom is 0.123 e. The molecule has 0 amide bonds. The molecule has 4 rings (SSSR count). The molecule has 0 aromatic heterocycles. The molecule has 126 valence electrons. The fraction of sp³-hybridized carbons (Fsp3) is 0.400. The summed E-state index contributed by atoms with van der Waals surface area (Å²) in [7, 11) is 4.04. The molecule has 0 spiro atoms. The van der Waals surface area contributed by atoms with Crippen LogP contribution in [0, 0.1) is 5.82 Å². The van der Waals surface area contributed by atoms with Gasteiger partial charge in [-0.05, 0) is 47.7 Å². The number of hydrogen-bond acceptors (Lipinski definition) is 3. The largest absolute Gasteiger partial charge is 0.305 e. The Balaban J connectivity index is 1.93. The minimum Gasteiger partial charge on any atom is -0.305 e. The summed E-state index contributed by atoms with van der Waals surface area (Å²) >= 11 is 0. The van der Waals surface area contributed by atoms with Gasteiger partial charge in [-0.2, -0.15) is 0 Å². The van der Waals surface area contributed by atoms with E-state index in [0.29, 0.717) is 0 Å². The van der Waals surface area contributed by atoms with Gasteiger partial charge in [-0.15, -0.1) is 0 Å². The highest BCUT2D eigenvalue weighted by Gasteiger charge is 2.49. The van der Waals surface area contributed by atoms with Gasteiger partial charge in [0.25, 0.3) is 0 Å². The Morgan fingerprint density at radius 2 is 1.96 bits per heavy atom. The zero-order valence-corrected chi connectivity index (χ0v) is 14.4. The van der Waals surface area contributed by atoms with Crippen LogP contribution in [0.4, 0.5) is 4.39 Å². The molecule has 2 aromatic carbocycles. The van der Waals surface area contributed by atoms with Crippen molar-refractivity contribution in [2.24, 2.45) is 0 Å². The molecule has 2 N–H and O–H groups in total. The topological polar surface area (TPSA) is 27.3 Å². The van der Waals surface area contributed by atoms with E-state index in [1.165, 1.54) is 16.7 Å². The van der Waals surface area contributed by atoms with Crippen molar-refractivity contribution in [2.75, 3.05) is 20.6 Å². The van der Waals surface area contributed by atoms with Gasteiger partial charge >= 0.3 is 0 Å². The van der Waals surface area contributed by atoms with Crippen LogP contribution in [0.25, 0.3) is 0 Å². The summed E-state index contributed by atoms with van der Waals surface area (Å²) in [6.45, 7) is 3.07. The number of nitrogens with zero attached hydrogens (tertiary/aromatic N) is 1. The Morgan fingerprint density at radius 3 is 2.75 bits per heavy atom. The summed E-state index contributed by atoms with van der Waals surface area (Å²) in [5, 5.41) is 5.71. The van der Waals surface area contributed by atoms with Gasteiger partial charge in [-0.25, -0.2) is 4.39 Å². The average molecular weight is 325 g/mol. The van der Waals surface area contributed by atoms with E-state index in [1.807, 2.05) is 25.2 Å². The van der Waals surface area contributed by atoms with E-state index in [0.717, 1.165) is 18.5 Å². The second-order valence-corrected chi connectivity index (χ2v) is 7.37. The molecule has 2 aliphatic rings. The normalized spacial score (nSPS) is 28.2. The lowest BCUT2D eigenvalue weighted by atomic mass is 9.75. The number of nitrogens with one attached hydrogen (secondary N) is 2. The van der Waals surface area contributed by atoms with Crippen LogP contribution in [0.2, 0.25) is 0 Å². The van der Waals surface area contributed by atoms with Crippen LogP contribution < -0.4 is 10.7 Å². The van der Waals surface area contributed by atoms with Crippen LogP contribution >= 0.6 is 0 Å². The first kappa shape index (κ1) is 15.8. The molecule has 1 aliphatic carbocycles. The first-order chi connectivity index (χ1) is 11.5. The molecule has 1 unspecified atom stereocenters. The first-order valence-electron chi connectivity index (χ1n) is 8.54. The molecule has 1 fully saturated rings. The second-order valence-electron chi connectivity index (χ2n) is 7.37. The summed E-state index contributed by atoms with van der Waals surface area (Å²) < 4.78 is 14.0. The lowest BCUT2D eigenvalue weighted by Crippen LogP contribution is -2.45. The molecule has 0 bridgehead atoms. The fourth-order valence-electron chi connectivity index (χ4n) is 4.58. The van der Waals surface area contributed by atoms with Gasteiger partial charge in [0, 0.05) is 38.1 Å². The number of hydrogen-bond donors (Lipinski definition) is 2. The molecule has 1 heterocycles. The van der Waals surface area contributed by atoms with Crippen molar-refractivity contribution in [2.45, 2.75) is 30.8 Å². The molecular weight excluding hydrogens is 301 g/mol. The van der Waals surface area contributed by atoms with E-state index in [4.69, 9.17) is 0 Å². The SMILES string of the molecule is CN(C)NC1CN[C@]2(C)c3cc(F)ccc3Cc3ccccc3[C@@H]12. The van der Waals surface area contributed by atoms with Crippen molar-refractivity contribution in [3.63, 3.8) is 0 Å². The highest BCUT2D eigenvalue weighted by Crippen LogP contribution is 2.48. The maximum atomic E-state index is 14.0. The Labute approximate surface area is 142 Å². The third-order valence-corrected chi connectivity index (χ3v) is 5.54. The predicted octanol–water partition coefficient (Wildman–Crippen LogP) is 2.77. The van der Waals surface area contributed by atoms with Crippen molar-refractivity contribution >= 4 is 0 Å². The Kier molecular flexibility index (Phi) is 3.71. The van der Waals surface area contributed by atoms with Crippen LogP contribution in [-0.2, 0) is 12.0 Å². The lowest BCUT2D eigenvalue weighted by Gasteiger charge is -2.35. The third kappa shape index (κ3) is 2.37. The van der Waals surface area contributed by atoms with Gasteiger partial charge in [0.2, 0.25) is 0 Å². The Morgan fingerprint density at radius 1 is 1.17 bits per heavy atom. The van der Waals surface area contributed by atoms with E-state index in [2.05, 4.69) is 41.9 Å². The van der Waals surface area contributed by atoms with Gasteiger partial charge in [0.15, 0.2) is 0 Å². The highest BCUT2D eigenvalue weighted by molar-refractivity contribution is 5.49. The van der Waals surface area contributed by atoms with Crippen molar-refractivity contribution in [3.8, 4) is 0 Å². The van der Waals surface area contributed by atoms with Crippen molar-refractivity contribution in [1.29, 1.82) is 0 Å². The zero-order chi connectivity index (χ0) is 16.9. The van der Waals surface area contributed by atoms with Crippen molar-refractivity contribution in [1.82, 2.24) is 15.8 Å². The van der Waals surface area contributed by atoms with E-state index >= 15 is 0 Å². The highest BCUT2D eigenvalue weighted by atomic mass is 19.1. The maximum absolute atomic E-state index is 14.0. The summed E-state index contributed by atoms with van der Waals surface area (Å²) in [5.41, 5.74) is 8.28. The first-order valence-corrected chi connectivity index (χ1v) is 8.54. The molecule has 0 radical (unpaired) electrons. The van der Waals surface area contributed by atoms with Crippen LogP contribution in [0.1, 0.15) is 35.1 Å². The standard InChI is InChI=1S/C20H24FN3/c1-20-17-11-15(21)9-8-14(17)10-13-6-4-5-7-16(13)19(20)18(12-22-20)23-24(2)3/h4-9,11,18-19,22-23H,10,12H2,1-3H3/t18?,19-,20+/m0/s1. The van der Waals surface area contributed by atoms with Crippen LogP contribution in [0.15, 0.2) is 42.5 Å². The lowest BCUT2D eigenvalue weighted by molar-refractivity contribution is 0.226. The number of rotatable bonds is 2. The monoisotopic (exact) mass is 325 g/mol. The van der Waals surface area contributed by atoms with Crippen molar-refractivity contribution in [3.05, 3.63) is 70.5 Å². The Bertz CT molecular complexity index is 773. The molecule has 2 aromatic rings. The van der Waals surface area contributed by atoms with E-state index in [1.54, 1.807) is 12.1 Å². The molecule has 4 heteroatoms. The third-order valence-electron chi connectivity index (χ3n) is 5.54. The molecule has 3 nitrogen and oxygen atoms in total. The average Bonchev–Trinajstić information content (AvgIpc) is 2.81. The van der Waals surface area contributed by atoms with Crippen LogP contribution in [0.5, 0.6) is 0 Å². The summed E-state index contributed by atoms with van der Waals surface area (Å²) in [4.78, 5) is 0. The molecule has 3 atom stereocenters. The van der Waals surface area contributed by atoms with E-state index < -0.39 is 0 Å². The summed E-state index contributed by atoms with van der Waals surface area (Å²) in [6.07, 6.45) is 0.855. The minimum atomic E-state index is -0.280. The van der Waals surface area contributed by atoms with Gasteiger partial charge in [-0.1, -0.05) is 30.3 Å². The fourth-order valence-corrected chi connectivity index (χ4v) is 4.58. The summed E-state index contributed by atoms with van der Waals surface area (Å²) in [5.74, 6) is 0.0876. The number of benzene rings is 2. The van der Waals surface area contributed by atoms with Gasteiger partial charge in [0.05, 0.1) is 0 Å². The van der Waals surface area contributed by atoms with Crippen molar-refractivity contribution < 1.29 is 4.39 Å². The quantitative estimate of drug-likeness (QED) is 0.832. The smallest absolute Gasteiger partial charge is 0.123 e. The minimum absolute atomic E-state index is 0.162. The Hall–Kier alpha value is -1.75. The molecule has 24 heavy (non-hydrogen) atoms. The second kappa shape index (κ2) is 5.66. The molecule has 0 saturated carbocycles. The van der Waals surface area contributed by atoms with Crippen LogP contribution in [0.3, 0.4) is 0 Å². The number of halogens is 1. The number of hydrazine groups is 1. The predicted molar refractivity (Wildman–Crippen MR) is 94.4 cm³/mol. The number of fused-ring (bicyclic) bond motifs is 5. The summed E-state index contributed by atoms with van der Waals surface area (Å²) in [6, 6.07) is 14.2. The van der Waals surface area contributed by atoms with E-state index in [9.17, 15) is 4.39 Å². The molecule has 1 saturated heterocycles.